The number of carboxylic acids is 1. The molecule has 0 saturated heterocycles. The second kappa shape index (κ2) is 3.55. The summed E-state index contributed by atoms with van der Waals surface area (Å²) >= 11 is 0. The molecule has 0 aromatic heterocycles. The number of nitro groups is 1. The lowest BCUT2D eigenvalue weighted by molar-refractivity contribution is -0.384. The van der Waals surface area contributed by atoms with Crippen LogP contribution in [0.25, 0.3) is 0 Å². The van der Waals surface area contributed by atoms with E-state index in [0.29, 0.717) is 0 Å². The van der Waals surface area contributed by atoms with Crippen molar-refractivity contribution in [2.45, 2.75) is 19.8 Å². The van der Waals surface area contributed by atoms with Gasteiger partial charge >= 0.3 is 5.97 Å². The number of nitro benzene ring substituents is 1. The summed E-state index contributed by atoms with van der Waals surface area (Å²) in [6.45, 7) is 3.74. The number of nitrogens with zero attached hydrogens (tertiary/aromatic N) is 1. The minimum absolute atomic E-state index is 0.00865. The molecule has 5 heteroatoms. The third-order valence-corrected chi connectivity index (χ3v) is 3.53. The highest BCUT2D eigenvalue weighted by Gasteiger charge is 2.62. The van der Waals surface area contributed by atoms with Crippen LogP contribution in [0.4, 0.5) is 5.69 Å². The zero-order valence-corrected chi connectivity index (χ0v) is 9.58. The van der Waals surface area contributed by atoms with Gasteiger partial charge in [-0.25, -0.2) is 0 Å². The highest BCUT2D eigenvalue weighted by atomic mass is 16.6. The monoisotopic (exact) mass is 235 g/mol. The molecule has 0 unspecified atom stereocenters. The minimum atomic E-state index is -0.841. The topological polar surface area (TPSA) is 80.4 Å². The number of hydrogen-bond donors (Lipinski definition) is 1. The van der Waals surface area contributed by atoms with Gasteiger partial charge in [0, 0.05) is 18.1 Å². The second-order valence-corrected chi connectivity index (χ2v) is 4.97. The molecule has 1 aromatic rings. The van der Waals surface area contributed by atoms with Crippen LogP contribution in [0.5, 0.6) is 0 Å². The van der Waals surface area contributed by atoms with Crippen LogP contribution in [0.3, 0.4) is 0 Å². The molecule has 17 heavy (non-hydrogen) atoms. The van der Waals surface area contributed by atoms with Crippen LogP contribution in [-0.2, 0) is 4.79 Å². The van der Waals surface area contributed by atoms with Crippen LogP contribution in [0.1, 0.15) is 25.3 Å². The Morgan fingerprint density at radius 2 is 2.12 bits per heavy atom. The quantitative estimate of drug-likeness (QED) is 0.644. The van der Waals surface area contributed by atoms with Crippen molar-refractivity contribution in [3.63, 3.8) is 0 Å². The Bertz CT molecular complexity index is 495. The predicted molar refractivity (Wildman–Crippen MR) is 60.7 cm³/mol. The Labute approximate surface area is 98.2 Å². The molecule has 0 bridgehead atoms. The summed E-state index contributed by atoms with van der Waals surface area (Å²) in [5.74, 6) is -1.43. The van der Waals surface area contributed by atoms with Crippen molar-refractivity contribution >= 4 is 11.7 Å². The standard InChI is InChI=1S/C12H13NO4/c1-12(2)9(10(12)11(14)15)7-4-3-5-8(6-7)13(16)17/h3-6,9-10H,1-2H3,(H,14,15)/t9-,10+/m1/s1. The SMILES string of the molecule is CC1(C)[C@H](C(=O)O)[C@H]1c1cccc([N+](=O)[O-])c1. The second-order valence-electron chi connectivity index (χ2n) is 4.97. The molecule has 90 valence electrons. The molecule has 1 aliphatic carbocycles. The first-order chi connectivity index (χ1) is 7.85. The Morgan fingerprint density at radius 3 is 2.59 bits per heavy atom. The van der Waals surface area contributed by atoms with Crippen molar-refractivity contribution < 1.29 is 14.8 Å². The first-order valence-electron chi connectivity index (χ1n) is 5.33. The van der Waals surface area contributed by atoms with Gasteiger partial charge in [-0.1, -0.05) is 26.0 Å². The van der Waals surface area contributed by atoms with Gasteiger partial charge in [0.25, 0.3) is 5.69 Å². The van der Waals surface area contributed by atoms with E-state index in [1.54, 1.807) is 12.1 Å². The molecule has 0 heterocycles. The summed E-state index contributed by atoms with van der Waals surface area (Å²) in [4.78, 5) is 21.2. The van der Waals surface area contributed by atoms with Gasteiger partial charge in [-0.05, 0) is 11.0 Å². The lowest BCUT2D eigenvalue weighted by Crippen LogP contribution is -2.03. The van der Waals surface area contributed by atoms with Crippen LogP contribution in [0.15, 0.2) is 24.3 Å². The largest absolute Gasteiger partial charge is 0.481 e. The molecule has 0 spiro atoms. The lowest BCUT2D eigenvalue weighted by Gasteiger charge is -2.02. The van der Waals surface area contributed by atoms with Crippen LogP contribution >= 0.6 is 0 Å². The van der Waals surface area contributed by atoms with Gasteiger partial charge in [0.1, 0.15) is 0 Å². The number of carboxylic acid groups (broad SMARTS) is 1. The van der Waals surface area contributed by atoms with E-state index in [2.05, 4.69) is 0 Å². The van der Waals surface area contributed by atoms with Gasteiger partial charge in [0.15, 0.2) is 0 Å². The zero-order chi connectivity index (χ0) is 12.8. The van der Waals surface area contributed by atoms with E-state index in [9.17, 15) is 14.9 Å². The summed E-state index contributed by atoms with van der Waals surface area (Å²) in [6, 6.07) is 6.23. The fourth-order valence-electron chi connectivity index (χ4n) is 2.55. The van der Waals surface area contributed by atoms with Crippen LogP contribution in [0, 0.1) is 21.4 Å². The maximum atomic E-state index is 11.0. The third-order valence-electron chi connectivity index (χ3n) is 3.53. The van der Waals surface area contributed by atoms with E-state index in [0.717, 1.165) is 5.56 Å². The van der Waals surface area contributed by atoms with Gasteiger partial charge in [0.2, 0.25) is 0 Å². The van der Waals surface area contributed by atoms with Crippen LogP contribution < -0.4 is 0 Å². The van der Waals surface area contributed by atoms with Crippen molar-refractivity contribution in [3.05, 3.63) is 39.9 Å². The molecule has 1 N–H and O–H groups in total. The van der Waals surface area contributed by atoms with Gasteiger partial charge in [-0.3, -0.25) is 14.9 Å². The number of rotatable bonds is 3. The van der Waals surface area contributed by atoms with Crippen molar-refractivity contribution in [2.24, 2.45) is 11.3 Å². The number of benzene rings is 1. The smallest absolute Gasteiger partial charge is 0.307 e. The summed E-state index contributed by atoms with van der Waals surface area (Å²) in [5.41, 5.74) is 0.409. The molecule has 2 rings (SSSR count). The first-order valence-corrected chi connectivity index (χ1v) is 5.33. The number of carbonyl (C=O) groups is 1. The predicted octanol–water partition coefficient (Wildman–Crippen LogP) is 2.42. The molecule has 1 aliphatic rings. The molecule has 0 amide bonds. The van der Waals surface area contributed by atoms with E-state index >= 15 is 0 Å². The van der Waals surface area contributed by atoms with E-state index < -0.39 is 16.8 Å². The van der Waals surface area contributed by atoms with Gasteiger partial charge < -0.3 is 5.11 Å². The highest BCUT2D eigenvalue weighted by molar-refractivity contribution is 5.77. The third kappa shape index (κ3) is 1.77. The molecule has 5 nitrogen and oxygen atoms in total. The Morgan fingerprint density at radius 1 is 1.47 bits per heavy atom. The fourth-order valence-corrected chi connectivity index (χ4v) is 2.55. The molecule has 0 aliphatic heterocycles. The Hall–Kier alpha value is -1.91. The average molecular weight is 235 g/mol. The highest BCUT2D eigenvalue weighted by Crippen LogP contribution is 2.64. The molecular weight excluding hydrogens is 222 g/mol. The van der Waals surface area contributed by atoms with E-state index in [-0.39, 0.29) is 17.0 Å². The van der Waals surface area contributed by atoms with Crippen molar-refractivity contribution in [1.82, 2.24) is 0 Å². The molecule has 1 aromatic carbocycles. The van der Waals surface area contributed by atoms with Gasteiger partial charge in [-0.15, -0.1) is 0 Å². The molecule has 1 saturated carbocycles. The first kappa shape index (κ1) is 11.6. The Balaban J connectivity index is 2.34. The van der Waals surface area contributed by atoms with Crippen molar-refractivity contribution in [3.8, 4) is 0 Å². The fraction of sp³-hybridized carbons (Fsp3) is 0.417. The van der Waals surface area contributed by atoms with E-state index in [1.165, 1.54) is 12.1 Å². The normalized spacial score (nSPS) is 25.3. The Kier molecular flexibility index (Phi) is 2.41. The van der Waals surface area contributed by atoms with E-state index in [1.807, 2.05) is 13.8 Å². The minimum Gasteiger partial charge on any atom is -0.481 e. The summed E-state index contributed by atoms with van der Waals surface area (Å²) in [7, 11) is 0. The number of aliphatic carboxylic acids is 1. The molecule has 2 atom stereocenters. The number of hydrogen-bond acceptors (Lipinski definition) is 3. The van der Waals surface area contributed by atoms with Crippen molar-refractivity contribution in [2.75, 3.05) is 0 Å². The maximum Gasteiger partial charge on any atom is 0.307 e. The van der Waals surface area contributed by atoms with Gasteiger partial charge in [-0.2, -0.15) is 0 Å². The van der Waals surface area contributed by atoms with Crippen LogP contribution in [0.2, 0.25) is 0 Å². The molecule has 1 fully saturated rings. The summed E-state index contributed by atoms with van der Waals surface area (Å²) in [5, 5.41) is 19.7. The summed E-state index contributed by atoms with van der Waals surface area (Å²) in [6.07, 6.45) is 0. The van der Waals surface area contributed by atoms with Gasteiger partial charge in [0.05, 0.1) is 10.8 Å². The van der Waals surface area contributed by atoms with Crippen LogP contribution in [-0.4, -0.2) is 16.0 Å². The molecular formula is C12H13NO4. The lowest BCUT2D eigenvalue weighted by atomic mass is 10.0. The zero-order valence-electron chi connectivity index (χ0n) is 9.58. The maximum absolute atomic E-state index is 11.0. The number of non-ortho nitro benzene ring substituents is 1. The average Bonchev–Trinajstić information content (AvgIpc) is 2.82. The summed E-state index contributed by atoms with van der Waals surface area (Å²) < 4.78 is 0. The molecule has 0 radical (unpaired) electrons. The van der Waals surface area contributed by atoms with Crippen molar-refractivity contribution in [1.29, 1.82) is 0 Å². The van der Waals surface area contributed by atoms with E-state index in [4.69, 9.17) is 5.11 Å².